The zero-order valence-corrected chi connectivity index (χ0v) is 9.49. The van der Waals surface area contributed by atoms with Crippen LogP contribution < -0.4 is 4.84 Å². The summed E-state index contributed by atoms with van der Waals surface area (Å²) in [6, 6.07) is 9.51. The molecule has 0 aromatic heterocycles. The maximum atomic E-state index is 8.41. The van der Waals surface area contributed by atoms with Crippen LogP contribution in [0.1, 0.15) is 12.8 Å². The predicted molar refractivity (Wildman–Crippen MR) is 65.6 cm³/mol. The van der Waals surface area contributed by atoms with Gasteiger partial charge in [-0.1, -0.05) is 28.5 Å². The number of hydrogen-bond donors (Lipinski definition) is 1. The van der Waals surface area contributed by atoms with E-state index in [1.165, 1.54) is 6.34 Å². The van der Waals surface area contributed by atoms with Gasteiger partial charge < -0.3 is 14.9 Å². The molecule has 0 spiro atoms. The standard InChI is InChI=1S/C12H15N3O2/c16-13-10-15-8-6-11(7-9-15)14-17-12-4-2-1-3-5-12/h1-5,10,16H,6-9H2. The first kappa shape index (κ1) is 11.4. The van der Waals surface area contributed by atoms with E-state index in [4.69, 9.17) is 10.0 Å². The van der Waals surface area contributed by atoms with Crippen LogP contribution in [0.25, 0.3) is 0 Å². The summed E-state index contributed by atoms with van der Waals surface area (Å²) in [6.45, 7) is 1.61. The number of rotatable bonds is 3. The van der Waals surface area contributed by atoms with Crippen molar-refractivity contribution in [1.29, 1.82) is 0 Å². The van der Waals surface area contributed by atoms with Crippen LogP contribution in [0.4, 0.5) is 0 Å². The van der Waals surface area contributed by atoms with Crippen molar-refractivity contribution in [3.8, 4) is 5.75 Å². The molecular formula is C12H15N3O2. The van der Waals surface area contributed by atoms with Crippen LogP contribution in [0.15, 0.2) is 40.6 Å². The van der Waals surface area contributed by atoms with Crippen molar-refractivity contribution in [2.45, 2.75) is 12.8 Å². The highest BCUT2D eigenvalue weighted by Gasteiger charge is 2.13. The van der Waals surface area contributed by atoms with E-state index >= 15 is 0 Å². The molecule has 5 heteroatoms. The molecule has 1 N–H and O–H groups in total. The van der Waals surface area contributed by atoms with Crippen LogP contribution in [0.3, 0.4) is 0 Å². The van der Waals surface area contributed by atoms with Gasteiger partial charge in [0.2, 0.25) is 0 Å². The van der Waals surface area contributed by atoms with E-state index in [9.17, 15) is 0 Å². The average molecular weight is 233 g/mol. The summed E-state index contributed by atoms with van der Waals surface area (Å²) >= 11 is 0. The molecule has 0 saturated carbocycles. The van der Waals surface area contributed by atoms with Crippen molar-refractivity contribution in [2.75, 3.05) is 13.1 Å². The maximum Gasteiger partial charge on any atom is 0.157 e. The van der Waals surface area contributed by atoms with Crippen LogP contribution in [0, 0.1) is 0 Å². The highest BCUT2D eigenvalue weighted by Crippen LogP contribution is 2.11. The zero-order valence-electron chi connectivity index (χ0n) is 9.49. The molecule has 1 aromatic carbocycles. The number of likely N-dealkylation sites (tertiary alicyclic amines) is 1. The Balaban J connectivity index is 1.84. The molecule has 1 saturated heterocycles. The van der Waals surface area contributed by atoms with Crippen molar-refractivity contribution in [1.82, 2.24) is 4.90 Å². The van der Waals surface area contributed by atoms with E-state index in [0.29, 0.717) is 0 Å². The average Bonchev–Trinajstić information content (AvgIpc) is 2.40. The lowest BCUT2D eigenvalue weighted by Gasteiger charge is -2.24. The quantitative estimate of drug-likeness (QED) is 0.375. The first-order valence-corrected chi connectivity index (χ1v) is 5.58. The van der Waals surface area contributed by atoms with Gasteiger partial charge in [-0.3, -0.25) is 0 Å². The SMILES string of the molecule is ON=CN1CCC(=NOc2ccccc2)CC1. The summed E-state index contributed by atoms with van der Waals surface area (Å²) < 4.78 is 0. The van der Waals surface area contributed by atoms with Crippen molar-refractivity contribution in [3.05, 3.63) is 30.3 Å². The maximum absolute atomic E-state index is 8.41. The second-order valence-corrected chi connectivity index (χ2v) is 3.83. The molecule has 5 nitrogen and oxygen atoms in total. The summed E-state index contributed by atoms with van der Waals surface area (Å²) in [4.78, 5) is 7.27. The Bertz CT molecular complexity index is 393. The van der Waals surface area contributed by atoms with E-state index in [0.717, 1.165) is 37.4 Å². The number of para-hydroxylation sites is 1. The van der Waals surface area contributed by atoms with E-state index in [-0.39, 0.29) is 0 Å². The molecule has 1 aliphatic heterocycles. The third-order valence-corrected chi connectivity index (χ3v) is 2.61. The molecule has 0 radical (unpaired) electrons. The van der Waals surface area contributed by atoms with Crippen molar-refractivity contribution in [2.24, 2.45) is 10.3 Å². The second-order valence-electron chi connectivity index (χ2n) is 3.83. The Labute approximate surface area is 100.0 Å². The van der Waals surface area contributed by atoms with Gasteiger partial charge in [0.15, 0.2) is 5.75 Å². The Kier molecular flexibility index (Phi) is 3.96. The normalized spacial score (nSPS) is 16.2. The fourth-order valence-corrected chi connectivity index (χ4v) is 1.66. The molecule has 1 fully saturated rings. The molecule has 2 rings (SSSR count). The molecule has 0 unspecified atom stereocenters. The summed E-state index contributed by atoms with van der Waals surface area (Å²) in [5.74, 6) is 0.749. The number of piperidine rings is 1. The summed E-state index contributed by atoms with van der Waals surface area (Å²) in [5, 5.41) is 15.5. The number of oxime groups is 2. The Morgan fingerprint density at radius 1 is 1.18 bits per heavy atom. The van der Waals surface area contributed by atoms with Gasteiger partial charge in [0.1, 0.15) is 6.34 Å². The molecule has 90 valence electrons. The zero-order chi connectivity index (χ0) is 11.9. The Morgan fingerprint density at radius 2 is 1.88 bits per heavy atom. The summed E-state index contributed by atoms with van der Waals surface area (Å²) in [6.07, 6.45) is 3.10. The molecule has 0 bridgehead atoms. The van der Waals surface area contributed by atoms with Crippen molar-refractivity contribution < 1.29 is 10.0 Å². The molecule has 0 amide bonds. The van der Waals surface area contributed by atoms with Crippen LogP contribution in [-0.2, 0) is 0 Å². The van der Waals surface area contributed by atoms with Gasteiger partial charge in [-0.25, -0.2) is 0 Å². The van der Waals surface area contributed by atoms with Gasteiger partial charge in [-0.05, 0) is 12.1 Å². The highest BCUT2D eigenvalue weighted by atomic mass is 16.6. The molecule has 0 aliphatic carbocycles. The van der Waals surface area contributed by atoms with Gasteiger partial charge in [0, 0.05) is 25.9 Å². The van der Waals surface area contributed by atoms with Gasteiger partial charge in [-0.15, -0.1) is 0 Å². The van der Waals surface area contributed by atoms with Gasteiger partial charge >= 0.3 is 0 Å². The Morgan fingerprint density at radius 3 is 2.53 bits per heavy atom. The minimum absolute atomic E-state index is 0.749. The lowest BCUT2D eigenvalue weighted by molar-refractivity contribution is 0.303. The summed E-state index contributed by atoms with van der Waals surface area (Å²) in [7, 11) is 0. The second kappa shape index (κ2) is 5.89. The Hall–Kier alpha value is -2.04. The largest absolute Gasteiger partial charge is 0.410 e. The lowest BCUT2D eigenvalue weighted by atomic mass is 10.1. The van der Waals surface area contributed by atoms with Crippen molar-refractivity contribution >= 4 is 12.1 Å². The van der Waals surface area contributed by atoms with Crippen LogP contribution in [0.2, 0.25) is 0 Å². The van der Waals surface area contributed by atoms with E-state index in [1.54, 1.807) is 0 Å². The smallest absolute Gasteiger partial charge is 0.157 e. The van der Waals surface area contributed by atoms with Crippen LogP contribution in [-0.4, -0.2) is 35.2 Å². The third-order valence-electron chi connectivity index (χ3n) is 2.61. The molecule has 0 atom stereocenters. The predicted octanol–water partition coefficient (Wildman–Crippen LogP) is 1.93. The van der Waals surface area contributed by atoms with E-state index in [2.05, 4.69) is 10.3 Å². The van der Waals surface area contributed by atoms with E-state index < -0.39 is 0 Å². The highest BCUT2D eigenvalue weighted by molar-refractivity contribution is 5.85. The molecule has 1 aliphatic rings. The third kappa shape index (κ3) is 3.48. The van der Waals surface area contributed by atoms with Crippen molar-refractivity contribution in [3.63, 3.8) is 0 Å². The lowest BCUT2D eigenvalue weighted by Crippen LogP contribution is -2.32. The molecule has 17 heavy (non-hydrogen) atoms. The number of hydrogen-bond acceptors (Lipinski definition) is 4. The number of benzene rings is 1. The minimum atomic E-state index is 0.749. The molecule has 1 aromatic rings. The van der Waals surface area contributed by atoms with Crippen LogP contribution >= 0.6 is 0 Å². The fourth-order valence-electron chi connectivity index (χ4n) is 1.66. The molecular weight excluding hydrogens is 218 g/mol. The minimum Gasteiger partial charge on any atom is -0.410 e. The topological polar surface area (TPSA) is 57.4 Å². The van der Waals surface area contributed by atoms with Gasteiger partial charge in [0.25, 0.3) is 0 Å². The molecule has 1 heterocycles. The first-order chi connectivity index (χ1) is 8.38. The first-order valence-electron chi connectivity index (χ1n) is 5.58. The monoisotopic (exact) mass is 233 g/mol. The fraction of sp³-hybridized carbons (Fsp3) is 0.333. The van der Waals surface area contributed by atoms with Crippen LogP contribution in [0.5, 0.6) is 5.75 Å². The van der Waals surface area contributed by atoms with Gasteiger partial charge in [0.05, 0.1) is 5.71 Å². The number of nitrogens with zero attached hydrogens (tertiary/aromatic N) is 3. The van der Waals surface area contributed by atoms with E-state index in [1.807, 2.05) is 35.2 Å². The summed E-state index contributed by atoms with van der Waals surface area (Å²) in [5.41, 5.74) is 1.04. The van der Waals surface area contributed by atoms with Gasteiger partial charge in [-0.2, -0.15) is 0 Å².